The Kier molecular flexibility index (Phi) is 4.73. The normalized spacial score (nSPS) is 23.0. The predicted molar refractivity (Wildman–Crippen MR) is 131 cm³/mol. The molecule has 35 heavy (non-hydrogen) atoms. The first-order valence-corrected chi connectivity index (χ1v) is 12.1. The number of aromatic nitrogens is 3. The molecule has 2 bridgehead atoms. The number of piperidine rings is 1. The van der Waals surface area contributed by atoms with Crippen molar-refractivity contribution < 1.29 is 9.26 Å². The molecule has 2 atom stereocenters. The number of rotatable bonds is 4. The Balaban J connectivity index is 1.22. The maximum atomic E-state index is 11.5. The average molecular weight is 468 g/mol. The molecule has 7 rings (SSSR count). The van der Waals surface area contributed by atoms with Crippen LogP contribution >= 0.6 is 0 Å². The Bertz CT molecular complexity index is 1420. The maximum absolute atomic E-state index is 11.5. The van der Waals surface area contributed by atoms with Crippen molar-refractivity contribution in [3.8, 4) is 22.9 Å². The molecule has 0 amide bonds. The molecule has 0 radical (unpaired) electrons. The van der Waals surface area contributed by atoms with Crippen LogP contribution in [0.4, 0.5) is 11.4 Å². The molecule has 1 N–H and O–H groups in total. The van der Waals surface area contributed by atoms with Gasteiger partial charge in [0.2, 0.25) is 0 Å². The van der Waals surface area contributed by atoms with Gasteiger partial charge in [-0.3, -0.25) is 19.4 Å². The predicted octanol–water partition coefficient (Wildman–Crippen LogP) is 4.86. The molecule has 2 fully saturated rings. The second-order valence-electron chi connectivity index (χ2n) is 9.57. The lowest BCUT2D eigenvalue weighted by Gasteiger charge is -2.45. The van der Waals surface area contributed by atoms with Gasteiger partial charge in [0.1, 0.15) is 0 Å². The Morgan fingerprint density at radius 2 is 1.71 bits per heavy atom. The SMILES string of the molecule is O=c1[nH]c(-c2ccc3c(c2)Oc2ccccc2N3C2CC3CCC(C2)N3Cc2ccccn2)no1. The van der Waals surface area contributed by atoms with Crippen LogP contribution in [0.25, 0.3) is 11.4 Å². The fraction of sp³-hybridized carbons (Fsp3) is 0.296. The molecule has 0 aliphatic carbocycles. The number of anilines is 2. The van der Waals surface area contributed by atoms with Gasteiger partial charge in [-0.2, -0.15) is 0 Å². The van der Waals surface area contributed by atoms with Gasteiger partial charge in [-0.1, -0.05) is 23.4 Å². The van der Waals surface area contributed by atoms with Crippen molar-refractivity contribution in [1.29, 1.82) is 0 Å². The van der Waals surface area contributed by atoms with E-state index in [9.17, 15) is 4.79 Å². The molecule has 8 heteroatoms. The number of ether oxygens (including phenoxy) is 1. The first kappa shape index (κ1) is 20.5. The molecule has 8 nitrogen and oxygen atoms in total. The summed E-state index contributed by atoms with van der Waals surface area (Å²) in [5.74, 6) is 1.42. The van der Waals surface area contributed by atoms with Gasteiger partial charge in [-0.25, -0.2) is 4.79 Å². The lowest BCUT2D eigenvalue weighted by Crippen LogP contribution is -2.49. The smallest absolute Gasteiger partial charge is 0.439 e. The van der Waals surface area contributed by atoms with E-state index < -0.39 is 5.76 Å². The van der Waals surface area contributed by atoms with E-state index in [1.54, 1.807) is 0 Å². The molecule has 5 heterocycles. The molecule has 2 aromatic heterocycles. The molecular weight excluding hydrogens is 442 g/mol. The third-order valence-corrected chi connectivity index (χ3v) is 7.57. The summed E-state index contributed by atoms with van der Waals surface area (Å²) in [7, 11) is 0. The minimum absolute atomic E-state index is 0.369. The molecule has 4 aromatic rings. The Morgan fingerprint density at radius 1 is 0.914 bits per heavy atom. The van der Waals surface area contributed by atoms with Crippen LogP contribution in [-0.2, 0) is 6.54 Å². The number of nitrogens with one attached hydrogen (secondary N) is 1. The van der Waals surface area contributed by atoms with Crippen LogP contribution in [0.3, 0.4) is 0 Å². The van der Waals surface area contributed by atoms with E-state index in [0.29, 0.717) is 23.9 Å². The van der Waals surface area contributed by atoms with Gasteiger partial charge in [-0.05, 0) is 68.1 Å². The standard InChI is InChI=1S/C27H25N5O3/c33-27-29-26(30-35-27)17-8-11-23-25(13-17)34-24-7-2-1-6-22(24)32(23)21-14-19-9-10-20(15-21)31(19)16-18-5-3-4-12-28-18/h1-8,11-13,19-21H,9-10,14-16H2,(H,29,30,33). The molecule has 0 spiro atoms. The topological polar surface area (TPSA) is 87.5 Å². The van der Waals surface area contributed by atoms with Crippen molar-refractivity contribution in [3.05, 3.63) is 83.1 Å². The summed E-state index contributed by atoms with van der Waals surface area (Å²) >= 11 is 0. The summed E-state index contributed by atoms with van der Waals surface area (Å²) in [6, 6.07) is 21.8. The minimum atomic E-state index is -0.571. The van der Waals surface area contributed by atoms with Crippen molar-refractivity contribution in [2.45, 2.75) is 50.4 Å². The molecule has 176 valence electrons. The number of benzene rings is 2. The van der Waals surface area contributed by atoms with Crippen LogP contribution in [0.15, 0.2) is 76.2 Å². The zero-order valence-electron chi connectivity index (χ0n) is 19.1. The minimum Gasteiger partial charge on any atom is -0.453 e. The van der Waals surface area contributed by atoms with Crippen LogP contribution in [0.5, 0.6) is 11.5 Å². The molecule has 2 aromatic carbocycles. The number of para-hydroxylation sites is 2. The monoisotopic (exact) mass is 467 g/mol. The van der Waals surface area contributed by atoms with Gasteiger partial charge < -0.3 is 9.64 Å². The molecule has 3 aliphatic heterocycles. The van der Waals surface area contributed by atoms with Crippen LogP contribution in [-0.4, -0.2) is 38.2 Å². The summed E-state index contributed by atoms with van der Waals surface area (Å²) in [6.07, 6.45) is 6.52. The number of aromatic amines is 1. The Morgan fingerprint density at radius 3 is 2.49 bits per heavy atom. The summed E-state index contributed by atoms with van der Waals surface area (Å²) in [5.41, 5.74) is 4.04. The Hall–Kier alpha value is -3.91. The molecule has 3 aliphatic rings. The van der Waals surface area contributed by atoms with E-state index in [1.807, 2.05) is 36.5 Å². The number of hydrogen-bond donors (Lipinski definition) is 1. The van der Waals surface area contributed by atoms with Gasteiger partial charge >= 0.3 is 5.76 Å². The lowest BCUT2D eigenvalue weighted by molar-refractivity contribution is 0.118. The summed E-state index contributed by atoms with van der Waals surface area (Å²) in [4.78, 5) is 23.8. The highest BCUT2D eigenvalue weighted by molar-refractivity contribution is 5.80. The summed E-state index contributed by atoms with van der Waals surface area (Å²) in [6.45, 7) is 0.915. The maximum Gasteiger partial charge on any atom is 0.439 e. The quantitative estimate of drug-likeness (QED) is 0.458. The van der Waals surface area contributed by atoms with E-state index >= 15 is 0 Å². The fourth-order valence-electron chi connectivity index (χ4n) is 6.07. The van der Waals surface area contributed by atoms with Gasteiger partial charge in [0, 0.05) is 36.4 Å². The van der Waals surface area contributed by atoms with E-state index in [4.69, 9.17) is 9.26 Å². The van der Waals surface area contributed by atoms with Gasteiger partial charge in [0.05, 0.1) is 17.1 Å². The van der Waals surface area contributed by atoms with Crippen LogP contribution in [0.1, 0.15) is 31.4 Å². The molecule has 2 unspecified atom stereocenters. The lowest BCUT2D eigenvalue weighted by atomic mass is 9.93. The number of fused-ring (bicyclic) bond motifs is 4. The van der Waals surface area contributed by atoms with Crippen molar-refractivity contribution >= 4 is 11.4 Å². The van der Waals surface area contributed by atoms with Crippen LogP contribution < -0.4 is 15.4 Å². The largest absolute Gasteiger partial charge is 0.453 e. The molecule has 2 saturated heterocycles. The van der Waals surface area contributed by atoms with Gasteiger partial charge in [0.15, 0.2) is 17.3 Å². The van der Waals surface area contributed by atoms with Gasteiger partial charge in [-0.15, -0.1) is 0 Å². The summed E-state index contributed by atoms with van der Waals surface area (Å²) in [5, 5.41) is 3.84. The second-order valence-corrected chi connectivity index (χ2v) is 9.57. The highest BCUT2D eigenvalue weighted by Gasteiger charge is 2.44. The summed E-state index contributed by atoms with van der Waals surface area (Å²) < 4.78 is 11.0. The third kappa shape index (κ3) is 3.52. The van der Waals surface area contributed by atoms with Crippen molar-refractivity contribution in [3.63, 3.8) is 0 Å². The average Bonchev–Trinajstić information content (AvgIpc) is 3.41. The number of hydrogen-bond acceptors (Lipinski definition) is 7. The number of nitrogens with zero attached hydrogens (tertiary/aromatic N) is 4. The Labute approximate surface area is 202 Å². The third-order valence-electron chi connectivity index (χ3n) is 7.57. The van der Waals surface area contributed by atoms with Crippen LogP contribution in [0.2, 0.25) is 0 Å². The zero-order chi connectivity index (χ0) is 23.4. The van der Waals surface area contributed by atoms with E-state index in [2.05, 4.69) is 55.3 Å². The van der Waals surface area contributed by atoms with Crippen molar-refractivity contribution in [2.75, 3.05) is 4.90 Å². The number of H-pyrrole nitrogens is 1. The molecular formula is C27H25N5O3. The highest BCUT2D eigenvalue weighted by atomic mass is 16.5. The molecule has 0 saturated carbocycles. The van der Waals surface area contributed by atoms with E-state index in [-0.39, 0.29) is 0 Å². The highest BCUT2D eigenvalue weighted by Crippen LogP contribution is 2.51. The first-order chi connectivity index (χ1) is 17.2. The fourth-order valence-corrected chi connectivity index (χ4v) is 6.07. The van der Waals surface area contributed by atoms with Gasteiger partial charge in [0.25, 0.3) is 0 Å². The van der Waals surface area contributed by atoms with Crippen LogP contribution in [0, 0.1) is 0 Å². The zero-order valence-corrected chi connectivity index (χ0v) is 19.1. The first-order valence-electron chi connectivity index (χ1n) is 12.1. The van der Waals surface area contributed by atoms with E-state index in [0.717, 1.165) is 53.5 Å². The van der Waals surface area contributed by atoms with Crippen molar-refractivity contribution in [2.24, 2.45) is 0 Å². The van der Waals surface area contributed by atoms with Crippen molar-refractivity contribution in [1.82, 2.24) is 20.0 Å². The van der Waals surface area contributed by atoms with E-state index in [1.165, 1.54) is 12.8 Å². The second kappa shape index (κ2) is 8.09. The number of pyridine rings is 1.